The van der Waals surface area contributed by atoms with Crippen molar-refractivity contribution in [3.8, 4) is 17.1 Å². The molecule has 7 nitrogen and oxygen atoms in total. The van der Waals surface area contributed by atoms with E-state index in [4.69, 9.17) is 4.74 Å². The van der Waals surface area contributed by atoms with Crippen LogP contribution in [0.25, 0.3) is 11.3 Å². The Hall–Kier alpha value is -2.57. The zero-order valence-corrected chi connectivity index (χ0v) is 13.6. The maximum atomic E-state index is 11.7. The van der Waals surface area contributed by atoms with Crippen molar-refractivity contribution in [3.63, 3.8) is 0 Å². The number of carbonyl (C=O) groups is 1. The standard InChI is InChI=1S/C16H20N4O3/c1-10-9-23-14-12(13-5-6-18-20(10)13)7-11(8-17-14)19(15(21)22)16(2,3)4/h5-8,10H,9H2,1-4H3,(H,21,22)/t10-/m0/s1. The first-order valence-corrected chi connectivity index (χ1v) is 7.49. The Balaban J connectivity index is 2.15. The first kappa shape index (κ1) is 15.3. The Kier molecular flexibility index (Phi) is 3.50. The molecule has 1 atom stereocenters. The van der Waals surface area contributed by atoms with E-state index in [9.17, 15) is 9.90 Å². The van der Waals surface area contributed by atoms with Gasteiger partial charge >= 0.3 is 6.09 Å². The minimum Gasteiger partial charge on any atom is -0.475 e. The van der Waals surface area contributed by atoms with E-state index in [2.05, 4.69) is 10.1 Å². The van der Waals surface area contributed by atoms with Crippen LogP contribution >= 0.6 is 0 Å². The number of pyridine rings is 1. The molecule has 1 N–H and O–H groups in total. The summed E-state index contributed by atoms with van der Waals surface area (Å²) in [5.74, 6) is 0.499. The third-order valence-electron chi connectivity index (χ3n) is 3.78. The fourth-order valence-corrected chi connectivity index (χ4v) is 2.80. The van der Waals surface area contributed by atoms with Gasteiger partial charge in [0.1, 0.15) is 6.61 Å². The smallest absolute Gasteiger partial charge is 0.412 e. The van der Waals surface area contributed by atoms with Gasteiger partial charge in [0.05, 0.1) is 29.2 Å². The number of fused-ring (bicyclic) bond motifs is 3. The number of amides is 1. The zero-order valence-electron chi connectivity index (χ0n) is 13.6. The van der Waals surface area contributed by atoms with Gasteiger partial charge in [-0.05, 0) is 39.8 Å². The number of hydrogen-bond donors (Lipinski definition) is 1. The van der Waals surface area contributed by atoms with E-state index < -0.39 is 11.6 Å². The topological polar surface area (TPSA) is 80.5 Å². The predicted octanol–water partition coefficient (Wildman–Crippen LogP) is 3.18. The lowest BCUT2D eigenvalue weighted by molar-refractivity contribution is 0.195. The molecular weight excluding hydrogens is 296 g/mol. The van der Waals surface area contributed by atoms with Crippen LogP contribution in [0.5, 0.6) is 5.88 Å². The SMILES string of the molecule is C[C@H]1COc2ncc(N(C(=O)O)C(C)(C)C)cc2-c2ccnn21. The van der Waals surface area contributed by atoms with Crippen molar-refractivity contribution in [2.75, 3.05) is 11.5 Å². The highest BCUT2D eigenvalue weighted by Gasteiger charge is 2.30. The Morgan fingerprint density at radius 2 is 2.22 bits per heavy atom. The number of hydrogen-bond acceptors (Lipinski definition) is 4. The Morgan fingerprint density at radius 1 is 1.48 bits per heavy atom. The molecule has 0 radical (unpaired) electrons. The Labute approximate surface area is 134 Å². The number of nitrogens with zero attached hydrogens (tertiary/aromatic N) is 4. The van der Waals surface area contributed by atoms with E-state index >= 15 is 0 Å². The first-order chi connectivity index (χ1) is 10.8. The molecule has 0 aromatic carbocycles. The summed E-state index contributed by atoms with van der Waals surface area (Å²) >= 11 is 0. The van der Waals surface area contributed by atoms with E-state index in [-0.39, 0.29) is 6.04 Å². The highest BCUT2D eigenvalue weighted by atomic mass is 16.5. The highest BCUT2D eigenvalue weighted by molar-refractivity contribution is 5.88. The van der Waals surface area contributed by atoms with Crippen molar-refractivity contribution in [1.29, 1.82) is 0 Å². The predicted molar refractivity (Wildman–Crippen MR) is 85.9 cm³/mol. The summed E-state index contributed by atoms with van der Waals surface area (Å²) in [6, 6.07) is 3.76. The molecule has 0 fully saturated rings. The average molecular weight is 316 g/mol. The highest BCUT2D eigenvalue weighted by Crippen LogP contribution is 2.36. The summed E-state index contributed by atoms with van der Waals surface area (Å²) in [6.07, 6.45) is 2.25. The van der Waals surface area contributed by atoms with Crippen LogP contribution in [0.15, 0.2) is 24.5 Å². The molecule has 7 heteroatoms. The van der Waals surface area contributed by atoms with Gasteiger partial charge in [-0.15, -0.1) is 0 Å². The van der Waals surface area contributed by atoms with Gasteiger partial charge in [-0.1, -0.05) is 0 Å². The van der Waals surface area contributed by atoms with Crippen LogP contribution in [0, 0.1) is 0 Å². The van der Waals surface area contributed by atoms with Gasteiger partial charge < -0.3 is 9.84 Å². The molecule has 122 valence electrons. The minimum absolute atomic E-state index is 0.0795. The Bertz CT molecular complexity index is 748. The van der Waals surface area contributed by atoms with E-state index in [1.165, 1.54) is 11.1 Å². The van der Waals surface area contributed by atoms with Gasteiger partial charge in [0.15, 0.2) is 0 Å². The Morgan fingerprint density at radius 3 is 2.87 bits per heavy atom. The molecule has 0 bridgehead atoms. The fraction of sp³-hybridized carbons (Fsp3) is 0.438. The third kappa shape index (κ3) is 2.62. The molecule has 2 aromatic rings. The van der Waals surface area contributed by atoms with Crippen LogP contribution in [0.3, 0.4) is 0 Å². The van der Waals surface area contributed by atoms with Gasteiger partial charge in [-0.25, -0.2) is 9.78 Å². The molecule has 0 unspecified atom stereocenters. The second-order valence-corrected chi connectivity index (χ2v) is 6.66. The number of anilines is 1. The molecule has 1 aliphatic heterocycles. The van der Waals surface area contributed by atoms with E-state index in [1.807, 2.05) is 38.4 Å². The number of ether oxygens (including phenoxy) is 1. The summed E-state index contributed by atoms with van der Waals surface area (Å²) in [5.41, 5.74) is 1.55. The van der Waals surface area contributed by atoms with Crippen molar-refractivity contribution in [2.24, 2.45) is 0 Å². The summed E-state index contributed by atoms with van der Waals surface area (Å²) in [7, 11) is 0. The third-order valence-corrected chi connectivity index (χ3v) is 3.78. The maximum Gasteiger partial charge on any atom is 0.412 e. The summed E-state index contributed by atoms with van der Waals surface area (Å²) < 4.78 is 7.62. The molecule has 1 amide bonds. The number of aromatic nitrogens is 3. The molecule has 23 heavy (non-hydrogen) atoms. The summed E-state index contributed by atoms with van der Waals surface area (Å²) in [6.45, 7) is 8.01. The van der Waals surface area contributed by atoms with Crippen molar-refractivity contribution >= 4 is 11.8 Å². The molecule has 1 aliphatic rings. The minimum atomic E-state index is -1.02. The first-order valence-electron chi connectivity index (χ1n) is 7.49. The van der Waals surface area contributed by atoms with Gasteiger partial charge in [-0.2, -0.15) is 5.10 Å². The quantitative estimate of drug-likeness (QED) is 0.874. The lowest BCUT2D eigenvalue weighted by atomic mass is 10.1. The summed E-state index contributed by atoms with van der Waals surface area (Å²) in [4.78, 5) is 17.3. The van der Waals surface area contributed by atoms with Crippen molar-refractivity contribution in [2.45, 2.75) is 39.3 Å². The van der Waals surface area contributed by atoms with E-state index in [0.717, 1.165) is 11.3 Å². The van der Waals surface area contributed by atoms with Crippen LogP contribution < -0.4 is 9.64 Å². The number of rotatable bonds is 1. The zero-order chi connectivity index (χ0) is 16.8. The van der Waals surface area contributed by atoms with E-state index in [0.29, 0.717) is 18.2 Å². The second-order valence-electron chi connectivity index (χ2n) is 6.66. The lowest BCUT2D eigenvalue weighted by Crippen LogP contribution is -2.45. The summed E-state index contributed by atoms with van der Waals surface area (Å²) in [5, 5.41) is 13.9. The van der Waals surface area contributed by atoms with Crippen LogP contribution in [-0.4, -0.2) is 38.1 Å². The van der Waals surface area contributed by atoms with Crippen LogP contribution in [-0.2, 0) is 0 Å². The van der Waals surface area contributed by atoms with Gasteiger partial charge in [-0.3, -0.25) is 9.58 Å². The monoisotopic (exact) mass is 316 g/mol. The van der Waals surface area contributed by atoms with Crippen molar-refractivity contribution in [3.05, 3.63) is 24.5 Å². The molecule has 2 aromatic heterocycles. The van der Waals surface area contributed by atoms with Crippen LogP contribution in [0.2, 0.25) is 0 Å². The van der Waals surface area contributed by atoms with Crippen LogP contribution in [0.1, 0.15) is 33.7 Å². The van der Waals surface area contributed by atoms with Crippen molar-refractivity contribution in [1.82, 2.24) is 14.8 Å². The number of carboxylic acid groups (broad SMARTS) is 1. The van der Waals surface area contributed by atoms with Gasteiger partial charge in [0, 0.05) is 11.7 Å². The van der Waals surface area contributed by atoms with Crippen molar-refractivity contribution < 1.29 is 14.6 Å². The largest absolute Gasteiger partial charge is 0.475 e. The molecule has 3 rings (SSSR count). The lowest BCUT2D eigenvalue weighted by Gasteiger charge is -2.33. The maximum absolute atomic E-state index is 11.7. The molecule has 0 spiro atoms. The normalized spacial score (nSPS) is 16.8. The molecule has 0 aliphatic carbocycles. The molecule has 3 heterocycles. The van der Waals surface area contributed by atoms with Gasteiger partial charge in [0.25, 0.3) is 0 Å². The molecule has 0 saturated heterocycles. The fourth-order valence-electron chi connectivity index (χ4n) is 2.80. The van der Waals surface area contributed by atoms with Crippen LogP contribution in [0.4, 0.5) is 10.5 Å². The van der Waals surface area contributed by atoms with E-state index in [1.54, 1.807) is 12.3 Å². The van der Waals surface area contributed by atoms with Gasteiger partial charge in [0.2, 0.25) is 5.88 Å². The second kappa shape index (κ2) is 5.26. The molecule has 0 saturated carbocycles. The molecular formula is C16H20N4O3. The average Bonchev–Trinajstić information content (AvgIpc) is 2.88.